The topological polar surface area (TPSA) is 26.3 Å². The highest BCUT2D eigenvalue weighted by atomic mass is 79.9. The fourth-order valence-corrected chi connectivity index (χ4v) is 2.47. The van der Waals surface area contributed by atoms with Crippen LogP contribution in [0, 0.1) is 0 Å². The van der Waals surface area contributed by atoms with Gasteiger partial charge in [-0.05, 0) is 57.2 Å². The highest BCUT2D eigenvalue weighted by molar-refractivity contribution is 9.10. The van der Waals surface area contributed by atoms with Crippen molar-refractivity contribution in [2.45, 2.75) is 26.2 Å². The summed E-state index contributed by atoms with van der Waals surface area (Å²) < 4.78 is 6.16. The molecule has 110 valence electrons. The van der Waals surface area contributed by atoms with E-state index in [0.29, 0.717) is 16.3 Å². The molecule has 0 atom stereocenters. The quantitative estimate of drug-likeness (QED) is 0.508. The first-order valence-electron chi connectivity index (χ1n) is 6.55. The molecule has 0 bridgehead atoms. The zero-order valence-electron chi connectivity index (χ0n) is 12.1. The van der Waals surface area contributed by atoms with E-state index in [4.69, 9.17) is 16.3 Å². The van der Waals surface area contributed by atoms with Crippen LogP contribution in [-0.2, 0) is 5.41 Å². The van der Waals surface area contributed by atoms with E-state index in [1.165, 1.54) is 0 Å². The molecule has 0 N–H and O–H groups in total. The van der Waals surface area contributed by atoms with Crippen LogP contribution in [0.15, 0.2) is 46.9 Å². The first-order chi connectivity index (χ1) is 9.77. The molecule has 2 aromatic carbocycles. The molecule has 0 saturated heterocycles. The van der Waals surface area contributed by atoms with Crippen molar-refractivity contribution in [2.24, 2.45) is 0 Å². The van der Waals surface area contributed by atoms with E-state index in [9.17, 15) is 4.79 Å². The predicted molar refractivity (Wildman–Crippen MR) is 89.3 cm³/mol. The Labute approximate surface area is 138 Å². The van der Waals surface area contributed by atoms with E-state index >= 15 is 0 Å². The minimum Gasteiger partial charge on any atom is -0.422 e. The molecule has 2 rings (SSSR count). The maximum Gasteiger partial charge on any atom is 0.343 e. The number of halogens is 2. The van der Waals surface area contributed by atoms with Crippen LogP contribution in [0.2, 0.25) is 5.02 Å². The summed E-state index contributed by atoms with van der Waals surface area (Å²) >= 11 is 9.33. The minimum atomic E-state index is -0.429. The number of esters is 1. The summed E-state index contributed by atoms with van der Waals surface area (Å²) in [4.78, 5) is 12.1. The van der Waals surface area contributed by atoms with E-state index in [0.717, 1.165) is 10.0 Å². The minimum absolute atomic E-state index is 0.0397. The number of rotatable bonds is 2. The van der Waals surface area contributed by atoms with Gasteiger partial charge in [0.1, 0.15) is 5.75 Å². The Morgan fingerprint density at radius 1 is 1.14 bits per heavy atom. The van der Waals surface area contributed by atoms with Crippen molar-refractivity contribution >= 4 is 33.5 Å². The Kier molecular flexibility index (Phi) is 4.74. The molecule has 4 heteroatoms. The summed E-state index contributed by atoms with van der Waals surface area (Å²) in [5.74, 6) is 0.0645. The maximum atomic E-state index is 12.1. The monoisotopic (exact) mass is 366 g/mol. The molecular weight excluding hydrogens is 352 g/mol. The van der Waals surface area contributed by atoms with Crippen molar-refractivity contribution in [2.75, 3.05) is 0 Å². The van der Waals surface area contributed by atoms with Crippen LogP contribution < -0.4 is 4.74 Å². The summed E-state index contributed by atoms with van der Waals surface area (Å²) in [6.45, 7) is 6.39. The zero-order valence-corrected chi connectivity index (χ0v) is 14.5. The third-order valence-electron chi connectivity index (χ3n) is 3.06. The first kappa shape index (κ1) is 16.1. The van der Waals surface area contributed by atoms with Crippen LogP contribution >= 0.6 is 27.5 Å². The number of carbonyl (C=O) groups is 1. The second kappa shape index (κ2) is 6.20. The molecule has 0 amide bonds. The summed E-state index contributed by atoms with van der Waals surface area (Å²) in [7, 11) is 0. The third kappa shape index (κ3) is 4.08. The Bertz CT molecular complexity index is 675. The molecule has 0 radical (unpaired) electrons. The van der Waals surface area contributed by atoms with Gasteiger partial charge in [0.05, 0.1) is 10.0 Å². The molecule has 2 nitrogen and oxygen atoms in total. The standard InChI is InChI=1S/C17H16BrClO2/c1-17(2,3)12-7-8-15(14(18)10-12)21-16(20)11-5-4-6-13(19)9-11/h4-10H,1-3H3. The molecule has 0 aromatic heterocycles. The lowest BCUT2D eigenvalue weighted by atomic mass is 9.87. The third-order valence-corrected chi connectivity index (χ3v) is 3.92. The molecule has 0 spiro atoms. The number of ether oxygens (including phenoxy) is 1. The van der Waals surface area contributed by atoms with Gasteiger partial charge in [-0.25, -0.2) is 4.79 Å². The Balaban J connectivity index is 2.22. The normalized spacial score (nSPS) is 11.3. The van der Waals surface area contributed by atoms with Gasteiger partial charge in [-0.1, -0.05) is 44.5 Å². The van der Waals surface area contributed by atoms with E-state index in [1.54, 1.807) is 30.3 Å². The second-order valence-corrected chi connectivity index (χ2v) is 7.09. The Morgan fingerprint density at radius 2 is 1.86 bits per heavy atom. The van der Waals surface area contributed by atoms with Crippen molar-refractivity contribution in [1.82, 2.24) is 0 Å². The summed E-state index contributed by atoms with van der Waals surface area (Å²) in [5.41, 5.74) is 1.63. The molecule has 21 heavy (non-hydrogen) atoms. The Morgan fingerprint density at radius 3 is 2.43 bits per heavy atom. The highest BCUT2D eigenvalue weighted by Crippen LogP contribution is 2.32. The van der Waals surface area contributed by atoms with Crippen molar-refractivity contribution in [3.05, 3.63) is 63.1 Å². The van der Waals surface area contributed by atoms with Crippen LogP contribution in [0.3, 0.4) is 0 Å². The van der Waals surface area contributed by atoms with Gasteiger partial charge in [0.2, 0.25) is 0 Å². The SMILES string of the molecule is CC(C)(C)c1ccc(OC(=O)c2cccc(Cl)c2)c(Br)c1. The van der Waals surface area contributed by atoms with Crippen molar-refractivity contribution in [3.8, 4) is 5.75 Å². The lowest BCUT2D eigenvalue weighted by Crippen LogP contribution is -2.12. The second-order valence-electron chi connectivity index (χ2n) is 5.80. The lowest BCUT2D eigenvalue weighted by molar-refractivity contribution is 0.0733. The molecule has 0 unspecified atom stereocenters. The van der Waals surface area contributed by atoms with Gasteiger partial charge in [0, 0.05) is 5.02 Å². The van der Waals surface area contributed by atoms with E-state index in [1.807, 2.05) is 12.1 Å². The number of carbonyl (C=O) groups excluding carboxylic acids is 1. The van der Waals surface area contributed by atoms with Crippen LogP contribution in [0.1, 0.15) is 36.7 Å². The Hall–Kier alpha value is -1.32. The fraction of sp³-hybridized carbons (Fsp3) is 0.235. The van der Waals surface area contributed by atoms with Crippen LogP contribution in [0.5, 0.6) is 5.75 Å². The summed E-state index contributed by atoms with van der Waals surface area (Å²) in [6, 6.07) is 12.4. The van der Waals surface area contributed by atoms with Crippen molar-refractivity contribution in [3.63, 3.8) is 0 Å². The van der Waals surface area contributed by atoms with Gasteiger partial charge >= 0.3 is 5.97 Å². The smallest absolute Gasteiger partial charge is 0.343 e. The number of hydrogen-bond acceptors (Lipinski definition) is 2. The first-order valence-corrected chi connectivity index (χ1v) is 7.72. The van der Waals surface area contributed by atoms with Gasteiger partial charge in [-0.3, -0.25) is 0 Å². The summed E-state index contributed by atoms with van der Waals surface area (Å²) in [5, 5.41) is 0.506. The van der Waals surface area contributed by atoms with Gasteiger partial charge in [-0.2, -0.15) is 0 Å². The van der Waals surface area contributed by atoms with Crippen LogP contribution in [-0.4, -0.2) is 5.97 Å². The molecule has 0 aliphatic carbocycles. The average Bonchev–Trinajstić information content (AvgIpc) is 2.39. The largest absolute Gasteiger partial charge is 0.422 e. The van der Waals surface area contributed by atoms with Gasteiger partial charge < -0.3 is 4.74 Å². The fourth-order valence-electron chi connectivity index (χ4n) is 1.82. The van der Waals surface area contributed by atoms with Crippen molar-refractivity contribution in [1.29, 1.82) is 0 Å². The van der Waals surface area contributed by atoms with E-state index < -0.39 is 5.97 Å². The molecular formula is C17H16BrClO2. The predicted octanol–water partition coefficient (Wildman–Crippen LogP) is 5.62. The van der Waals surface area contributed by atoms with Gasteiger partial charge in [0.25, 0.3) is 0 Å². The van der Waals surface area contributed by atoms with E-state index in [2.05, 4.69) is 36.7 Å². The molecule has 2 aromatic rings. The molecule has 0 saturated carbocycles. The zero-order chi connectivity index (χ0) is 15.6. The molecule has 0 fully saturated rings. The maximum absolute atomic E-state index is 12.1. The van der Waals surface area contributed by atoms with E-state index in [-0.39, 0.29) is 5.41 Å². The number of hydrogen-bond donors (Lipinski definition) is 0. The molecule has 0 aliphatic heterocycles. The van der Waals surface area contributed by atoms with Crippen molar-refractivity contribution < 1.29 is 9.53 Å². The van der Waals surface area contributed by atoms with Crippen LogP contribution in [0.25, 0.3) is 0 Å². The van der Waals surface area contributed by atoms with Gasteiger partial charge in [-0.15, -0.1) is 0 Å². The van der Waals surface area contributed by atoms with Crippen LogP contribution in [0.4, 0.5) is 0 Å². The highest BCUT2D eigenvalue weighted by Gasteiger charge is 2.17. The van der Waals surface area contributed by atoms with Gasteiger partial charge in [0.15, 0.2) is 0 Å². The number of benzene rings is 2. The average molecular weight is 368 g/mol. The summed E-state index contributed by atoms with van der Waals surface area (Å²) in [6.07, 6.45) is 0. The molecule has 0 heterocycles. The lowest BCUT2D eigenvalue weighted by Gasteiger charge is -2.20. The molecule has 0 aliphatic rings.